The summed E-state index contributed by atoms with van der Waals surface area (Å²) < 4.78 is 68.6. The molecule has 6 atom stereocenters. The van der Waals surface area contributed by atoms with Gasteiger partial charge in [0.05, 0.1) is 26.4 Å². The van der Waals surface area contributed by atoms with E-state index in [1.807, 2.05) is 0 Å². The van der Waals surface area contributed by atoms with Crippen molar-refractivity contribution in [2.75, 3.05) is 39.6 Å². The predicted octanol–water partition coefficient (Wildman–Crippen LogP) is 23.3. The topological polar surface area (TPSA) is 237 Å². The normalized spacial score (nSPS) is 14.4. The molecule has 0 heterocycles. The number of unbranched alkanes of at least 4 members (excludes halogenated alkanes) is 40. The zero-order chi connectivity index (χ0) is 73.0. The van der Waals surface area contributed by atoms with Crippen LogP contribution in [0.25, 0.3) is 0 Å². The second-order valence-corrected chi connectivity index (χ2v) is 32.2. The molecule has 584 valence electrons. The van der Waals surface area contributed by atoms with Crippen molar-refractivity contribution in [3.8, 4) is 0 Å². The highest BCUT2D eigenvalue weighted by atomic mass is 31.2. The molecule has 19 heteroatoms. The molecule has 3 N–H and O–H groups in total. The smallest absolute Gasteiger partial charge is 0.462 e. The fourth-order valence-electron chi connectivity index (χ4n) is 11.7. The molecule has 0 aromatic rings. The summed E-state index contributed by atoms with van der Waals surface area (Å²) in [5.41, 5.74) is 0. The maximum Gasteiger partial charge on any atom is 0.472 e. The molecule has 0 aromatic carbocycles. The lowest BCUT2D eigenvalue weighted by atomic mass is 9.99. The Morgan fingerprint density at radius 2 is 0.596 bits per heavy atom. The third kappa shape index (κ3) is 72.3. The highest BCUT2D eigenvalue weighted by Crippen LogP contribution is 2.45. The Bertz CT molecular complexity index is 2020. The molecule has 0 aliphatic rings. The van der Waals surface area contributed by atoms with E-state index in [9.17, 15) is 43.2 Å². The van der Waals surface area contributed by atoms with Gasteiger partial charge in [-0.05, 0) is 69.1 Å². The van der Waals surface area contributed by atoms with Crippen LogP contribution in [0.15, 0.2) is 24.3 Å². The first-order valence-electron chi connectivity index (χ1n) is 40.7. The molecule has 0 amide bonds. The van der Waals surface area contributed by atoms with Crippen LogP contribution >= 0.6 is 15.6 Å². The molecule has 0 spiro atoms. The average Bonchev–Trinajstić information content (AvgIpc) is 1.19. The summed E-state index contributed by atoms with van der Waals surface area (Å²) in [6.45, 7) is 11.8. The molecule has 4 unspecified atom stereocenters. The molecule has 0 aliphatic heterocycles. The molecular formula is C80H152O17P2. The van der Waals surface area contributed by atoms with E-state index in [1.165, 1.54) is 186 Å². The molecule has 0 aromatic heterocycles. The van der Waals surface area contributed by atoms with Crippen molar-refractivity contribution in [1.29, 1.82) is 0 Å². The van der Waals surface area contributed by atoms with Gasteiger partial charge in [-0.15, -0.1) is 0 Å². The summed E-state index contributed by atoms with van der Waals surface area (Å²) in [5, 5.41) is 10.6. The number of carbonyl (C=O) groups excluding carboxylic acids is 4. The lowest BCUT2D eigenvalue weighted by Gasteiger charge is -2.21. The number of aliphatic hydroxyl groups excluding tert-OH is 1. The number of esters is 4. The van der Waals surface area contributed by atoms with Crippen molar-refractivity contribution in [1.82, 2.24) is 0 Å². The number of phosphoric ester groups is 2. The van der Waals surface area contributed by atoms with Crippen molar-refractivity contribution in [2.45, 2.75) is 407 Å². The lowest BCUT2D eigenvalue weighted by Crippen LogP contribution is -2.30. The number of phosphoric acid groups is 2. The monoisotopic (exact) mass is 1450 g/mol. The third-order valence-electron chi connectivity index (χ3n) is 18.4. The first-order chi connectivity index (χ1) is 47.8. The lowest BCUT2D eigenvalue weighted by molar-refractivity contribution is -0.161. The van der Waals surface area contributed by atoms with Gasteiger partial charge in [0, 0.05) is 25.7 Å². The van der Waals surface area contributed by atoms with Crippen molar-refractivity contribution < 1.29 is 80.2 Å². The molecule has 99 heavy (non-hydrogen) atoms. The molecule has 0 radical (unpaired) electrons. The quantitative estimate of drug-likeness (QED) is 0.0169. The zero-order valence-electron chi connectivity index (χ0n) is 64.4. The molecule has 0 rings (SSSR count). The van der Waals surface area contributed by atoms with Crippen LogP contribution in [0, 0.1) is 17.8 Å². The van der Waals surface area contributed by atoms with Gasteiger partial charge in [-0.25, -0.2) is 9.13 Å². The van der Waals surface area contributed by atoms with E-state index in [4.69, 9.17) is 37.0 Å². The summed E-state index contributed by atoms with van der Waals surface area (Å²) in [7, 11) is -9.93. The Labute approximate surface area is 605 Å². The molecular weight excluding hydrogens is 1290 g/mol. The molecule has 0 fully saturated rings. The highest BCUT2D eigenvalue weighted by molar-refractivity contribution is 7.47. The number of carbonyl (C=O) groups is 4. The maximum absolute atomic E-state index is 13.1. The van der Waals surface area contributed by atoms with E-state index in [1.54, 1.807) is 0 Å². The Morgan fingerprint density at radius 1 is 0.333 bits per heavy atom. The van der Waals surface area contributed by atoms with Gasteiger partial charge in [0.2, 0.25) is 0 Å². The van der Waals surface area contributed by atoms with Crippen LogP contribution in [-0.4, -0.2) is 96.7 Å². The van der Waals surface area contributed by atoms with E-state index in [-0.39, 0.29) is 25.7 Å². The first kappa shape index (κ1) is 96.5. The summed E-state index contributed by atoms with van der Waals surface area (Å²) in [6, 6.07) is 0. The summed E-state index contributed by atoms with van der Waals surface area (Å²) in [5.74, 6) is 0.168. The molecule has 17 nitrogen and oxygen atoms in total. The fourth-order valence-corrected chi connectivity index (χ4v) is 13.3. The van der Waals surface area contributed by atoms with Gasteiger partial charge < -0.3 is 33.8 Å². The Morgan fingerprint density at radius 3 is 0.899 bits per heavy atom. The largest absolute Gasteiger partial charge is 0.472 e. The van der Waals surface area contributed by atoms with Gasteiger partial charge in [0.1, 0.15) is 19.3 Å². The number of hydrogen-bond donors (Lipinski definition) is 3. The van der Waals surface area contributed by atoms with Gasteiger partial charge in [-0.2, -0.15) is 0 Å². The second kappa shape index (κ2) is 69.9. The third-order valence-corrected chi connectivity index (χ3v) is 20.3. The van der Waals surface area contributed by atoms with Crippen molar-refractivity contribution in [3.63, 3.8) is 0 Å². The summed E-state index contributed by atoms with van der Waals surface area (Å²) in [4.78, 5) is 72.9. The van der Waals surface area contributed by atoms with E-state index < -0.39 is 97.5 Å². The van der Waals surface area contributed by atoms with Gasteiger partial charge in [0.15, 0.2) is 12.2 Å². The number of aliphatic hydroxyl groups is 1. The van der Waals surface area contributed by atoms with Crippen LogP contribution in [0.4, 0.5) is 0 Å². The van der Waals surface area contributed by atoms with Crippen LogP contribution in [0.1, 0.15) is 389 Å². The molecule has 0 saturated carbocycles. The first-order valence-corrected chi connectivity index (χ1v) is 43.7. The van der Waals surface area contributed by atoms with Gasteiger partial charge in [-0.3, -0.25) is 37.3 Å². The van der Waals surface area contributed by atoms with Gasteiger partial charge >= 0.3 is 39.5 Å². The average molecular weight is 1450 g/mol. The minimum absolute atomic E-state index is 0.0852. The van der Waals surface area contributed by atoms with E-state index >= 15 is 0 Å². The van der Waals surface area contributed by atoms with Crippen LogP contribution in [0.2, 0.25) is 0 Å². The minimum Gasteiger partial charge on any atom is -0.462 e. The zero-order valence-corrected chi connectivity index (χ0v) is 66.2. The fraction of sp³-hybridized carbons (Fsp3) is 0.900. The second-order valence-electron chi connectivity index (χ2n) is 29.3. The van der Waals surface area contributed by atoms with Crippen LogP contribution in [0.3, 0.4) is 0 Å². The Balaban J connectivity index is 5.24. The maximum atomic E-state index is 13.1. The summed E-state index contributed by atoms with van der Waals surface area (Å²) in [6.07, 6.45) is 60.6. The SMILES string of the molecule is CCCCCC/C=C\C=C/CCCCCCCC(=O)O[C@H](COC(=O)CCCCCCCCCCCCCCCCCCCCC(C)C)COP(=O)(O)OCC(O)COP(=O)(O)OC[C@@H](COC(=O)CCCCCCCCCCC(C)C)OC(=O)CCCCCCCCCCC(C)CC. The Hall–Kier alpha value is -2.46. The van der Waals surface area contributed by atoms with Crippen LogP contribution in [0.5, 0.6) is 0 Å². The van der Waals surface area contributed by atoms with Crippen LogP contribution < -0.4 is 0 Å². The molecule has 0 bridgehead atoms. The van der Waals surface area contributed by atoms with Gasteiger partial charge in [-0.1, -0.05) is 336 Å². The highest BCUT2D eigenvalue weighted by Gasteiger charge is 2.30. The van der Waals surface area contributed by atoms with E-state index in [0.29, 0.717) is 25.7 Å². The minimum atomic E-state index is -4.97. The number of rotatable bonds is 76. The molecule has 0 aliphatic carbocycles. The van der Waals surface area contributed by atoms with Crippen molar-refractivity contribution in [3.05, 3.63) is 24.3 Å². The standard InChI is InChI=1S/C80H152O17P2/c1-8-10-11-12-13-14-15-16-21-26-29-32-42-49-56-63-79(84)96-75(67-90-77(82)61-54-47-40-31-28-25-23-20-18-17-19-22-24-27-30-37-44-51-58-71(3)4)69-94-98(86,87)92-65-74(81)66-93-99(88,89)95-70-76(68-91-78(83)62-55-48-41-35-33-38-45-52-59-72(5)6)97-80(85)64-57-50-43-36-34-39-46-53-60-73(7)9-2/h14-16,21,71-76,81H,8-13,17-20,22-70H2,1-7H3,(H,86,87)(H,88,89)/b15-14-,21-16-/t73?,74?,75-,76-/m1/s1. The van der Waals surface area contributed by atoms with E-state index in [0.717, 1.165) is 120 Å². The summed E-state index contributed by atoms with van der Waals surface area (Å²) >= 11 is 0. The number of ether oxygens (including phenoxy) is 4. The Kier molecular flexibility index (Phi) is 68.1. The number of hydrogen-bond acceptors (Lipinski definition) is 15. The van der Waals surface area contributed by atoms with Gasteiger partial charge in [0.25, 0.3) is 0 Å². The number of allylic oxidation sites excluding steroid dienone is 4. The van der Waals surface area contributed by atoms with Crippen LogP contribution in [-0.2, 0) is 65.4 Å². The van der Waals surface area contributed by atoms with Crippen molar-refractivity contribution >= 4 is 39.5 Å². The van der Waals surface area contributed by atoms with Crippen molar-refractivity contribution in [2.24, 2.45) is 17.8 Å². The predicted molar refractivity (Wildman–Crippen MR) is 404 cm³/mol. The molecule has 0 saturated heterocycles. The van der Waals surface area contributed by atoms with E-state index in [2.05, 4.69) is 72.8 Å².